The van der Waals surface area contributed by atoms with Crippen molar-refractivity contribution < 1.29 is 0 Å². The topological polar surface area (TPSA) is 36.1 Å². The molecule has 2 nitrogen and oxygen atoms in total. The highest BCUT2D eigenvalue weighted by molar-refractivity contribution is 5.72. The minimum absolute atomic E-state index is 0.378. The van der Waals surface area contributed by atoms with Gasteiger partial charge in [-0.1, -0.05) is 30.4 Å². The largest absolute Gasteiger partial charge is 0.253 e. The van der Waals surface area contributed by atoms with E-state index in [1.54, 1.807) is 0 Å². The third-order valence-electron chi connectivity index (χ3n) is 2.67. The molecule has 1 aromatic carbocycles. The lowest BCUT2D eigenvalue weighted by molar-refractivity contribution is 1.36. The molecule has 0 saturated carbocycles. The lowest BCUT2D eigenvalue weighted by Crippen LogP contribution is -1.88. The molecule has 2 heteroatoms. The van der Waals surface area contributed by atoms with Crippen molar-refractivity contribution >= 4 is 18.4 Å². The number of hydrogen-bond acceptors (Lipinski definition) is 2. The fraction of sp³-hybridized carbons (Fsp3) is 0.200. The van der Waals surface area contributed by atoms with E-state index >= 15 is 0 Å². The van der Waals surface area contributed by atoms with E-state index in [4.69, 9.17) is 5.26 Å². The standard InChI is InChI=1S/C15H16N2/c1-5-6-13-7-8-14(9-11(13)2)12(3)15(10-16)17-4/h5-9H,4H2,1-3H3/b6-5-,15-12+. The van der Waals surface area contributed by atoms with Gasteiger partial charge in [-0.05, 0) is 49.8 Å². The molecule has 86 valence electrons. The van der Waals surface area contributed by atoms with Crippen molar-refractivity contribution in [3.63, 3.8) is 0 Å². The van der Waals surface area contributed by atoms with Crippen molar-refractivity contribution in [2.75, 3.05) is 0 Å². The number of aliphatic imine (C=N–C) groups is 1. The van der Waals surface area contributed by atoms with Gasteiger partial charge >= 0.3 is 0 Å². The summed E-state index contributed by atoms with van der Waals surface area (Å²) in [6.07, 6.45) is 4.08. The van der Waals surface area contributed by atoms with E-state index in [0.717, 1.165) is 11.1 Å². The summed E-state index contributed by atoms with van der Waals surface area (Å²) in [5, 5.41) is 8.91. The van der Waals surface area contributed by atoms with Gasteiger partial charge < -0.3 is 0 Å². The average molecular weight is 224 g/mol. The molecule has 0 saturated heterocycles. The molecule has 0 aliphatic heterocycles. The lowest BCUT2D eigenvalue weighted by atomic mass is 9.99. The fourth-order valence-electron chi connectivity index (χ4n) is 1.65. The molecule has 0 fully saturated rings. The van der Waals surface area contributed by atoms with Crippen molar-refractivity contribution in [1.29, 1.82) is 5.26 Å². The Morgan fingerprint density at radius 3 is 2.65 bits per heavy atom. The van der Waals surface area contributed by atoms with Crippen LogP contribution in [0.15, 0.2) is 35.0 Å². The Morgan fingerprint density at radius 1 is 1.47 bits per heavy atom. The Bertz CT molecular complexity index is 528. The summed E-state index contributed by atoms with van der Waals surface area (Å²) in [4.78, 5) is 3.73. The van der Waals surface area contributed by atoms with E-state index in [1.807, 2.05) is 38.1 Å². The second-order valence-corrected chi connectivity index (χ2v) is 3.81. The first-order valence-electron chi connectivity index (χ1n) is 5.45. The Morgan fingerprint density at radius 2 is 2.18 bits per heavy atom. The summed E-state index contributed by atoms with van der Waals surface area (Å²) in [6, 6.07) is 8.16. The predicted molar refractivity (Wildman–Crippen MR) is 73.6 cm³/mol. The van der Waals surface area contributed by atoms with Crippen LogP contribution in [0.1, 0.15) is 30.5 Å². The van der Waals surface area contributed by atoms with Crippen LogP contribution in [0.4, 0.5) is 0 Å². The van der Waals surface area contributed by atoms with E-state index < -0.39 is 0 Å². The zero-order valence-corrected chi connectivity index (χ0v) is 10.5. The minimum atomic E-state index is 0.378. The van der Waals surface area contributed by atoms with Crippen molar-refractivity contribution in [2.24, 2.45) is 4.99 Å². The van der Waals surface area contributed by atoms with Crippen molar-refractivity contribution in [1.82, 2.24) is 0 Å². The van der Waals surface area contributed by atoms with Gasteiger partial charge in [0.15, 0.2) is 0 Å². The molecular formula is C15H16N2. The molecule has 0 bridgehead atoms. The Balaban J connectivity index is 3.28. The van der Waals surface area contributed by atoms with Gasteiger partial charge in [-0.3, -0.25) is 4.99 Å². The van der Waals surface area contributed by atoms with Crippen LogP contribution in [0.5, 0.6) is 0 Å². The monoisotopic (exact) mass is 224 g/mol. The third kappa shape index (κ3) is 2.92. The van der Waals surface area contributed by atoms with Gasteiger partial charge in [-0.25, -0.2) is 0 Å². The SMILES string of the molecule is C=N/C(C#N)=C(\C)c1ccc(/C=C\C)c(C)c1. The van der Waals surface area contributed by atoms with Crippen LogP contribution in [0.25, 0.3) is 11.6 Å². The van der Waals surface area contributed by atoms with Crippen LogP contribution in [0.2, 0.25) is 0 Å². The molecule has 1 rings (SSSR count). The summed E-state index contributed by atoms with van der Waals surface area (Å²) in [5.74, 6) is 0. The Kier molecular flexibility index (Phi) is 4.42. The van der Waals surface area contributed by atoms with Crippen LogP contribution in [0.3, 0.4) is 0 Å². The number of benzene rings is 1. The van der Waals surface area contributed by atoms with E-state index in [0.29, 0.717) is 5.70 Å². The zero-order valence-electron chi connectivity index (χ0n) is 10.5. The first-order valence-corrected chi connectivity index (χ1v) is 5.45. The highest BCUT2D eigenvalue weighted by Crippen LogP contribution is 2.22. The van der Waals surface area contributed by atoms with Crippen LogP contribution in [-0.4, -0.2) is 6.72 Å². The van der Waals surface area contributed by atoms with Gasteiger partial charge in [-0.2, -0.15) is 5.26 Å². The zero-order chi connectivity index (χ0) is 12.8. The highest BCUT2D eigenvalue weighted by atomic mass is 14.7. The number of hydrogen-bond donors (Lipinski definition) is 0. The second kappa shape index (κ2) is 5.81. The Labute approximate surface area is 103 Å². The summed E-state index contributed by atoms with van der Waals surface area (Å²) in [5.41, 5.74) is 4.62. The number of nitriles is 1. The maximum atomic E-state index is 8.91. The van der Waals surface area contributed by atoms with Crippen molar-refractivity contribution in [3.05, 3.63) is 46.7 Å². The summed E-state index contributed by atoms with van der Waals surface area (Å²) in [7, 11) is 0. The quantitative estimate of drug-likeness (QED) is 0.565. The normalized spacial score (nSPS) is 12.1. The summed E-state index contributed by atoms with van der Waals surface area (Å²) in [6.45, 7) is 9.34. The van der Waals surface area contributed by atoms with Crippen molar-refractivity contribution in [2.45, 2.75) is 20.8 Å². The van der Waals surface area contributed by atoms with Gasteiger partial charge in [0.1, 0.15) is 11.8 Å². The van der Waals surface area contributed by atoms with E-state index in [9.17, 15) is 0 Å². The molecule has 0 N–H and O–H groups in total. The molecule has 0 atom stereocenters. The van der Waals surface area contributed by atoms with Crippen LogP contribution >= 0.6 is 0 Å². The van der Waals surface area contributed by atoms with Crippen molar-refractivity contribution in [3.8, 4) is 6.07 Å². The lowest BCUT2D eigenvalue weighted by Gasteiger charge is -2.06. The average Bonchev–Trinajstić information content (AvgIpc) is 2.33. The van der Waals surface area contributed by atoms with Gasteiger partial charge in [0, 0.05) is 0 Å². The minimum Gasteiger partial charge on any atom is -0.253 e. The van der Waals surface area contributed by atoms with Crippen LogP contribution in [-0.2, 0) is 0 Å². The summed E-state index contributed by atoms with van der Waals surface area (Å²) >= 11 is 0. The maximum Gasteiger partial charge on any atom is 0.143 e. The second-order valence-electron chi connectivity index (χ2n) is 3.81. The van der Waals surface area contributed by atoms with Gasteiger partial charge in [0.2, 0.25) is 0 Å². The molecule has 17 heavy (non-hydrogen) atoms. The molecule has 0 unspecified atom stereocenters. The maximum absolute atomic E-state index is 8.91. The van der Waals surface area contributed by atoms with Gasteiger partial charge in [0.25, 0.3) is 0 Å². The fourth-order valence-corrected chi connectivity index (χ4v) is 1.65. The van der Waals surface area contributed by atoms with Gasteiger partial charge in [0.05, 0.1) is 0 Å². The number of aryl methyl sites for hydroxylation is 1. The summed E-state index contributed by atoms with van der Waals surface area (Å²) < 4.78 is 0. The molecule has 0 radical (unpaired) electrons. The van der Waals surface area contributed by atoms with E-state index in [-0.39, 0.29) is 0 Å². The smallest absolute Gasteiger partial charge is 0.143 e. The number of nitrogens with zero attached hydrogens (tertiary/aromatic N) is 2. The first-order chi connectivity index (χ1) is 8.13. The molecule has 0 heterocycles. The Hall–Kier alpha value is -2.14. The first kappa shape index (κ1) is 12.9. The molecule has 0 amide bonds. The van der Waals surface area contributed by atoms with Crippen LogP contribution < -0.4 is 0 Å². The molecule has 0 spiro atoms. The number of allylic oxidation sites excluding steroid dienone is 3. The molecule has 0 aromatic heterocycles. The molecular weight excluding hydrogens is 208 g/mol. The van der Waals surface area contributed by atoms with E-state index in [2.05, 4.69) is 30.8 Å². The predicted octanol–water partition coefficient (Wildman–Crippen LogP) is 3.98. The van der Waals surface area contributed by atoms with Crippen LogP contribution in [0, 0.1) is 18.3 Å². The van der Waals surface area contributed by atoms with E-state index in [1.165, 1.54) is 11.1 Å². The third-order valence-corrected chi connectivity index (χ3v) is 2.67. The molecule has 0 aliphatic rings. The molecule has 0 aliphatic carbocycles. The number of rotatable bonds is 3. The van der Waals surface area contributed by atoms with Gasteiger partial charge in [-0.15, -0.1) is 0 Å². The highest BCUT2D eigenvalue weighted by Gasteiger charge is 2.04. The molecule has 1 aromatic rings.